The number of rotatable bonds is 6. The maximum absolute atomic E-state index is 5.33. The summed E-state index contributed by atoms with van der Waals surface area (Å²) in [5, 5.41) is 3.26. The predicted octanol–water partition coefficient (Wildman–Crippen LogP) is 1.77. The summed E-state index contributed by atoms with van der Waals surface area (Å²) in [5.41, 5.74) is 1.22. The quantitative estimate of drug-likeness (QED) is 0.701. The van der Waals surface area contributed by atoms with E-state index >= 15 is 0 Å². The Morgan fingerprint density at radius 2 is 2.43 bits per heavy atom. The molecular formula is C11H18N2O. The van der Waals surface area contributed by atoms with Crippen LogP contribution in [-0.2, 0) is 4.74 Å². The lowest BCUT2D eigenvalue weighted by Crippen LogP contribution is -2.18. The number of nitrogens with zero attached hydrogens (tertiary/aromatic N) is 1. The van der Waals surface area contributed by atoms with Crippen LogP contribution in [0.2, 0.25) is 0 Å². The Labute approximate surface area is 85.5 Å². The molecule has 1 N–H and O–H groups in total. The lowest BCUT2D eigenvalue weighted by Gasteiger charge is -2.15. The Bertz CT molecular complexity index is 238. The van der Waals surface area contributed by atoms with Crippen LogP contribution in [0.3, 0.4) is 0 Å². The molecule has 0 amide bonds. The number of hydrogen-bond acceptors (Lipinski definition) is 3. The molecule has 0 bridgehead atoms. The van der Waals surface area contributed by atoms with Crippen molar-refractivity contribution in [2.45, 2.75) is 19.4 Å². The summed E-state index contributed by atoms with van der Waals surface area (Å²) in [6, 6.07) is 4.38. The second-order valence-electron chi connectivity index (χ2n) is 3.11. The highest BCUT2D eigenvalue weighted by Gasteiger charge is 2.07. The van der Waals surface area contributed by atoms with Crippen LogP contribution in [0.1, 0.15) is 24.9 Å². The predicted molar refractivity (Wildman–Crippen MR) is 57.1 cm³/mol. The van der Waals surface area contributed by atoms with Gasteiger partial charge in [-0.1, -0.05) is 6.07 Å². The summed E-state index contributed by atoms with van der Waals surface area (Å²) in [4.78, 5) is 4.10. The second-order valence-corrected chi connectivity index (χ2v) is 3.11. The number of nitrogens with one attached hydrogen (secondary N) is 1. The van der Waals surface area contributed by atoms with E-state index in [4.69, 9.17) is 4.74 Å². The first-order valence-corrected chi connectivity index (χ1v) is 5.03. The molecule has 0 fully saturated rings. The first kappa shape index (κ1) is 11.1. The van der Waals surface area contributed by atoms with Gasteiger partial charge < -0.3 is 10.1 Å². The highest BCUT2D eigenvalue weighted by atomic mass is 16.5. The summed E-state index contributed by atoms with van der Waals surface area (Å²) in [5.74, 6) is 0. The van der Waals surface area contributed by atoms with Crippen molar-refractivity contribution in [3.05, 3.63) is 30.1 Å². The van der Waals surface area contributed by atoms with Gasteiger partial charge in [-0.15, -0.1) is 0 Å². The van der Waals surface area contributed by atoms with Crippen molar-refractivity contribution in [1.82, 2.24) is 10.3 Å². The Morgan fingerprint density at radius 1 is 1.57 bits per heavy atom. The average Bonchev–Trinajstić information content (AvgIpc) is 2.26. The van der Waals surface area contributed by atoms with Crippen LogP contribution in [0.15, 0.2) is 24.5 Å². The van der Waals surface area contributed by atoms with E-state index < -0.39 is 0 Å². The van der Waals surface area contributed by atoms with Gasteiger partial charge in [-0.2, -0.15) is 0 Å². The molecule has 1 aromatic heterocycles. The van der Waals surface area contributed by atoms with Gasteiger partial charge in [0, 0.05) is 31.6 Å². The zero-order valence-corrected chi connectivity index (χ0v) is 8.86. The van der Waals surface area contributed by atoms with Crippen molar-refractivity contribution in [2.75, 3.05) is 20.3 Å². The molecule has 0 aliphatic rings. The Kier molecular flexibility index (Phi) is 5.19. The van der Waals surface area contributed by atoms with Crippen LogP contribution in [-0.4, -0.2) is 25.2 Å². The summed E-state index contributed by atoms with van der Waals surface area (Å²) >= 11 is 0. The zero-order valence-electron chi connectivity index (χ0n) is 8.86. The van der Waals surface area contributed by atoms with Gasteiger partial charge in [0.1, 0.15) is 0 Å². The molecule has 1 heterocycles. The summed E-state index contributed by atoms with van der Waals surface area (Å²) < 4.78 is 5.33. The molecule has 0 aromatic carbocycles. The van der Waals surface area contributed by atoms with E-state index in [1.807, 2.05) is 26.2 Å². The van der Waals surface area contributed by atoms with Crippen LogP contribution >= 0.6 is 0 Å². The fourth-order valence-electron chi connectivity index (χ4n) is 1.41. The molecule has 3 nitrogen and oxygen atoms in total. The third kappa shape index (κ3) is 3.44. The van der Waals surface area contributed by atoms with Crippen molar-refractivity contribution >= 4 is 0 Å². The SMILES string of the molecule is CCOCCC(NC)c1cccnc1. The lowest BCUT2D eigenvalue weighted by atomic mass is 10.1. The van der Waals surface area contributed by atoms with Gasteiger partial charge in [0.2, 0.25) is 0 Å². The van der Waals surface area contributed by atoms with Gasteiger partial charge in [-0.3, -0.25) is 4.98 Å². The molecule has 78 valence electrons. The minimum Gasteiger partial charge on any atom is -0.382 e. The molecule has 1 atom stereocenters. The maximum Gasteiger partial charge on any atom is 0.0484 e. The van der Waals surface area contributed by atoms with Gasteiger partial charge in [-0.25, -0.2) is 0 Å². The third-order valence-corrected chi connectivity index (χ3v) is 2.19. The Balaban J connectivity index is 2.46. The highest BCUT2D eigenvalue weighted by Crippen LogP contribution is 2.14. The molecule has 14 heavy (non-hydrogen) atoms. The monoisotopic (exact) mass is 194 g/mol. The van der Waals surface area contributed by atoms with E-state index in [9.17, 15) is 0 Å². The topological polar surface area (TPSA) is 34.1 Å². The van der Waals surface area contributed by atoms with E-state index in [0.29, 0.717) is 6.04 Å². The number of ether oxygens (including phenoxy) is 1. The van der Waals surface area contributed by atoms with Crippen molar-refractivity contribution in [2.24, 2.45) is 0 Å². The molecule has 0 saturated carbocycles. The third-order valence-electron chi connectivity index (χ3n) is 2.19. The van der Waals surface area contributed by atoms with E-state index in [-0.39, 0.29) is 0 Å². The standard InChI is InChI=1S/C11H18N2O/c1-3-14-8-6-11(12-2)10-5-4-7-13-9-10/h4-5,7,9,11-12H,3,6,8H2,1-2H3. The lowest BCUT2D eigenvalue weighted by molar-refractivity contribution is 0.137. The van der Waals surface area contributed by atoms with Crippen LogP contribution in [0, 0.1) is 0 Å². The van der Waals surface area contributed by atoms with Crippen molar-refractivity contribution in [1.29, 1.82) is 0 Å². The fourth-order valence-corrected chi connectivity index (χ4v) is 1.41. The van der Waals surface area contributed by atoms with E-state index in [1.54, 1.807) is 6.20 Å². The molecule has 1 rings (SSSR count). The van der Waals surface area contributed by atoms with Gasteiger partial charge in [0.25, 0.3) is 0 Å². The fraction of sp³-hybridized carbons (Fsp3) is 0.545. The zero-order chi connectivity index (χ0) is 10.2. The molecule has 0 radical (unpaired) electrons. The van der Waals surface area contributed by atoms with E-state index in [2.05, 4.69) is 16.4 Å². The molecule has 3 heteroatoms. The Hall–Kier alpha value is -0.930. The van der Waals surface area contributed by atoms with E-state index in [1.165, 1.54) is 5.56 Å². The van der Waals surface area contributed by atoms with Crippen LogP contribution in [0.25, 0.3) is 0 Å². The maximum atomic E-state index is 5.33. The first-order valence-electron chi connectivity index (χ1n) is 5.03. The van der Waals surface area contributed by atoms with Crippen LogP contribution in [0.5, 0.6) is 0 Å². The largest absolute Gasteiger partial charge is 0.382 e. The molecule has 1 unspecified atom stereocenters. The second kappa shape index (κ2) is 6.51. The summed E-state index contributed by atoms with van der Waals surface area (Å²) in [6.07, 6.45) is 4.67. The van der Waals surface area contributed by atoms with Crippen molar-refractivity contribution in [3.8, 4) is 0 Å². The van der Waals surface area contributed by atoms with Gasteiger partial charge in [0.15, 0.2) is 0 Å². The summed E-state index contributed by atoms with van der Waals surface area (Å²) in [7, 11) is 1.96. The summed E-state index contributed by atoms with van der Waals surface area (Å²) in [6.45, 7) is 3.58. The number of hydrogen-bond donors (Lipinski definition) is 1. The Morgan fingerprint density at radius 3 is 3.00 bits per heavy atom. The van der Waals surface area contributed by atoms with Gasteiger partial charge >= 0.3 is 0 Å². The van der Waals surface area contributed by atoms with Crippen LogP contribution < -0.4 is 5.32 Å². The molecule has 0 saturated heterocycles. The van der Waals surface area contributed by atoms with Crippen LogP contribution in [0.4, 0.5) is 0 Å². The van der Waals surface area contributed by atoms with E-state index in [0.717, 1.165) is 19.6 Å². The van der Waals surface area contributed by atoms with Crippen molar-refractivity contribution < 1.29 is 4.74 Å². The smallest absolute Gasteiger partial charge is 0.0484 e. The molecular weight excluding hydrogens is 176 g/mol. The van der Waals surface area contributed by atoms with Crippen molar-refractivity contribution in [3.63, 3.8) is 0 Å². The minimum absolute atomic E-state index is 0.343. The average molecular weight is 194 g/mol. The normalized spacial score (nSPS) is 12.7. The molecule has 0 aliphatic carbocycles. The molecule has 0 spiro atoms. The first-order chi connectivity index (χ1) is 6.88. The number of aromatic nitrogens is 1. The molecule has 1 aromatic rings. The van der Waals surface area contributed by atoms with Gasteiger partial charge in [0.05, 0.1) is 0 Å². The number of pyridine rings is 1. The highest BCUT2D eigenvalue weighted by molar-refractivity contribution is 5.13. The minimum atomic E-state index is 0.343. The molecule has 0 aliphatic heterocycles. The van der Waals surface area contributed by atoms with Gasteiger partial charge in [-0.05, 0) is 32.0 Å².